The van der Waals surface area contributed by atoms with Crippen molar-refractivity contribution in [3.8, 4) is 17.1 Å². The van der Waals surface area contributed by atoms with E-state index in [9.17, 15) is 4.79 Å². The van der Waals surface area contributed by atoms with E-state index < -0.39 is 0 Å². The van der Waals surface area contributed by atoms with Gasteiger partial charge in [-0.25, -0.2) is 4.98 Å². The lowest BCUT2D eigenvalue weighted by Gasteiger charge is -2.06. The van der Waals surface area contributed by atoms with Crippen LogP contribution in [0.5, 0.6) is 5.75 Å². The molecule has 5 nitrogen and oxygen atoms in total. The van der Waals surface area contributed by atoms with Gasteiger partial charge in [-0.3, -0.25) is 4.79 Å². The second-order valence-corrected chi connectivity index (χ2v) is 6.50. The maximum atomic E-state index is 12.4. The van der Waals surface area contributed by atoms with E-state index in [0.717, 1.165) is 9.86 Å². The standard InChI is InChI=1S/C17H10BrClN2O3/c1-23-9-3-4-12(19)10(7-9)16-20-14-11-6-8(18)2-5-13(11)24-15(14)17(22)21-16/h2-7H,1H3,(H,20,21,22). The first-order chi connectivity index (χ1) is 11.6. The van der Waals surface area contributed by atoms with Crippen LogP contribution in [-0.2, 0) is 0 Å². The molecule has 0 bridgehead atoms. The van der Waals surface area contributed by atoms with E-state index in [1.165, 1.54) is 0 Å². The molecule has 0 amide bonds. The number of nitrogens with one attached hydrogen (secondary N) is 1. The zero-order valence-corrected chi connectivity index (χ0v) is 14.7. The van der Waals surface area contributed by atoms with Gasteiger partial charge in [0, 0.05) is 15.4 Å². The van der Waals surface area contributed by atoms with Crippen molar-refractivity contribution in [2.24, 2.45) is 0 Å². The van der Waals surface area contributed by atoms with Crippen LogP contribution < -0.4 is 10.3 Å². The van der Waals surface area contributed by atoms with E-state index in [1.54, 1.807) is 31.4 Å². The summed E-state index contributed by atoms with van der Waals surface area (Å²) in [5.74, 6) is 0.982. The summed E-state index contributed by atoms with van der Waals surface area (Å²) < 4.78 is 11.7. The third-order valence-corrected chi connectivity index (χ3v) is 4.54. The molecule has 4 rings (SSSR count). The lowest BCUT2D eigenvalue weighted by molar-refractivity contribution is 0.415. The van der Waals surface area contributed by atoms with Crippen molar-refractivity contribution in [3.05, 3.63) is 56.2 Å². The molecule has 2 aromatic heterocycles. The minimum absolute atomic E-state index is 0.186. The molecule has 1 N–H and O–H groups in total. The Kier molecular flexibility index (Phi) is 3.58. The van der Waals surface area contributed by atoms with Gasteiger partial charge in [-0.2, -0.15) is 0 Å². The number of fused-ring (bicyclic) bond motifs is 3. The highest BCUT2D eigenvalue weighted by molar-refractivity contribution is 9.10. The van der Waals surface area contributed by atoms with Crippen LogP contribution in [0.3, 0.4) is 0 Å². The fourth-order valence-electron chi connectivity index (χ4n) is 2.57. The van der Waals surface area contributed by atoms with Gasteiger partial charge in [-0.05, 0) is 36.4 Å². The minimum Gasteiger partial charge on any atom is -0.497 e. The van der Waals surface area contributed by atoms with Crippen LogP contribution in [0.15, 0.2) is 50.1 Å². The Morgan fingerprint density at radius 2 is 2.08 bits per heavy atom. The summed E-state index contributed by atoms with van der Waals surface area (Å²) in [5.41, 5.74) is 1.50. The van der Waals surface area contributed by atoms with Crippen LogP contribution in [0.25, 0.3) is 33.5 Å². The summed E-state index contributed by atoms with van der Waals surface area (Å²) in [6, 6.07) is 10.7. The predicted molar refractivity (Wildman–Crippen MR) is 96.8 cm³/mol. The fourth-order valence-corrected chi connectivity index (χ4v) is 3.13. The molecule has 120 valence electrons. The third kappa shape index (κ3) is 2.39. The van der Waals surface area contributed by atoms with Gasteiger partial charge in [-0.15, -0.1) is 0 Å². The number of H-pyrrole nitrogens is 1. The molecule has 0 aliphatic rings. The molecular weight excluding hydrogens is 396 g/mol. The zero-order chi connectivity index (χ0) is 16.8. The first kappa shape index (κ1) is 15.2. The summed E-state index contributed by atoms with van der Waals surface area (Å²) >= 11 is 9.68. The van der Waals surface area contributed by atoms with Crippen molar-refractivity contribution in [2.45, 2.75) is 0 Å². The monoisotopic (exact) mass is 404 g/mol. The van der Waals surface area contributed by atoms with Crippen molar-refractivity contribution in [2.75, 3.05) is 7.11 Å². The second kappa shape index (κ2) is 5.65. The van der Waals surface area contributed by atoms with Gasteiger partial charge in [0.1, 0.15) is 22.7 Å². The van der Waals surface area contributed by atoms with Crippen LogP contribution in [-0.4, -0.2) is 17.1 Å². The Labute approximate surface area is 149 Å². The van der Waals surface area contributed by atoms with Gasteiger partial charge < -0.3 is 14.1 Å². The van der Waals surface area contributed by atoms with E-state index in [-0.39, 0.29) is 11.1 Å². The summed E-state index contributed by atoms with van der Waals surface area (Å²) in [6.07, 6.45) is 0. The molecule has 7 heteroatoms. The van der Waals surface area contributed by atoms with Gasteiger partial charge in [0.2, 0.25) is 5.58 Å². The Morgan fingerprint density at radius 1 is 1.25 bits per heavy atom. The lowest BCUT2D eigenvalue weighted by atomic mass is 10.2. The van der Waals surface area contributed by atoms with E-state index in [4.69, 9.17) is 20.8 Å². The molecule has 0 spiro atoms. The molecule has 2 aromatic carbocycles. The number of halogens is 2. The smallest absolute Gasteiger partial charge is 0.294 e. The summed E-state index contributed by atoms with van der Waals surface area (Å²) in [5, 5.41) is 1.22. The zero-order valence-electron chi connectivity index (χ0n) is 12.4. The molecular formula is C17H10BrClN2O3. The van der Waals surface area contributed by atoms with Crippen LogP contribution in [0, 0.1) is 0 Å². The number of hydrogen-bond donors (Lipinski definition) is 1. The minimum atomic E-state index is -0.360. The van der Waals surface area contributed by atoms with Crippen molar-refractivity contribution in [1.29, 1.82) is 0 Å². The first-order valence-corrected chi connectivity index (χ1v) is 8.20. The van der Waals surface area contributed by atoms with Crippen LogP contribution in [0.2, 0.25) is 5.02 Å². The third-order valence-electron chi connectivity index (χ3n) is 3.71. The molecule has 0 saturated heterocycles. The molecule has 0 radical (unpaired) electrons. The molecule has 24 heavy (non-hydrogen) atoms. The SMILES string of the molecule is COc1ccc(Cl)c(-c2nc3c(oc4ccc(Br)cc43)c(=O)[nH]2)c1. The molecule has 0 atom stereocenters. The largest absolute Gasteiger partial charge is 0.497 e. The van der Waals surface area contributed by atoms with Crippen molar-refractivity contribution >= 4 is 49.6 Å². The quantitative estimate of drug-likeness (QED) is 0.522. The second-order valence-electron chi connectivity index (χ2n) is 5.18. The number of ether oxygens (including phenoxy) is 1. The lowest BCUT2D eigenvalue weighted by Crippen LogP contribution is -2.08. The van der Waals surface area contributed by atoms with Crippen LogP contribution in [0.1, 0.15) is 0 Å². The van der Waals surface area contributed by atoms with Crippen LogP contribution in [0.4, 0.5) is 0 Å². The van der Waals surface area contributed by atoms with E-state index in [0.29, 0.717) is 33.3 Å². The molecule has 4 aromatic rings. The Morgan fingerprint density at radius 3 is 2.88 bits per heavy atom. The van der Waals surface area contributed by atoms with Gasteiger partial charge in [0.05, 0.1) is 12.1 Å². The van der Waals surface area contributed by atoms with E-state index in [2.05, 4.69) is 25.9 Å². The Hall–Kier alpha value is -2.31. The Balaban J connectivity index is 2.06. The van der Waals surface area contributed by atoms with E-state index in [1.807, 2.05) is 12.1 Å². The highest BCUT2D eigenvalue weighted by Crippen LogP contribution is 2.32. The number of hydrogen-bond acceptors (Lipinski definition) is 4. The maximum Gasteiger partial charge on any atom is 0.294 e. The molecule has 0 saturated carbocycles. The highest BCUT2D eigenvalue weighted by Gasteiger charge is 2.16. The number of methoxy groups -OCH3 is 1. The number of furan rings is 1. The summed E-state index contributed by atoms with van der Waals surface area (Å²) in [4.78, 5) is 19.7. The van der Waals surface area contributed by atoms with Crippen molar-refractivity contribution in [1.82, 2.24) is 9.97 Å². The van der Waals surface area contributed by atoms with Gasteiger partial charge >= 0.3 is 0 Å². The number of aromatic amines is 1. The van der Waals surface area contributed by atoms with Crippen molar-refractivity contribution < 1.29 is 9.15 Å². The number of aromatic nitrogens is 2. The Bertz CT molecular complexity index is 1150. The maximum absolute atomic E-state index is 12.4. The fraction of sp³-hybridized carbons (Fsp3) is 0.0588. The number of rotatable bonds is 2. The van der Waals surface area contributed by atoms with Gasteiger partial charge in [0.25, 0.3) is 5.56 Å². The number of benzene rings is 2. The molecule has 0 aliphatic carbocycles. The van der Waals surface area contributed by atoms with Crippen molar-refractivity contribution in [3.63, 3.8) is 0 Å². The average Bonchev–Trinajstić information content (AvgIpc) is 2.94. The molecule has 0 fully saturated rings. The average molecular weight is 406 g/mol. The van der Waals surface area contributed by atoms with Crippen LogP contribution >= 0.6 is 27.5 Å². The summed E-state index contributed by atoms with van der Waals surface area (Å²) in [7, 11) is 1.56. The first-order valence-electron chi connectivity index (χ1n) is 7.03. The topological polar surface area (TPSA) is 68.1 Å². The number of nitrogens with zero attached hydrogens (tertiary/aromatic N) is 1. The summed E-state index contributed by atoms with van der Waals surface area (Å²) in [6.45, 7) is 0. The highest BCUT2D eigenvalue weighted by atomic mass is 79.9. The van der Waals surface area contributed by atoms with Gasteiger partial charge in [0.15, 0.2) is 0 Å². The predicted octanol–water partition coefficient (Wildman–Crippen LogP) is 4.76. The molecule has 0 unspecified atom stereocenters. The molecule has 2 heterocycles. The molecule has 0 aliphatic heterocycles. The normalized spacial score (nSPS) is 11.3. The van der Waals surface area contributed by atoms with Gasteiger partial charge in [-0.1, -0.05) is 27.5 Å². The van der Waals surface area contributed by atoms with E-state index >= 15 is 0 Å².